The Balaban J connectivity index is 1.49. The van der Waals surface area contributed by atoms with Gasteiger partial charge in [0.2, 0.25) is 0 Å². The zero-order chi connectivity index (χ0) is 22.3. The van der Waals surface area contributed by atoms with E-state index in [0.717, 1.165) is 39.1 Å². The van der Waals surface area contributed by atoms with Gasteiger partial charge in [-0.1, -0.05) is 23.2 Å². The van der Waals surface area contributed by atoms with Crippen LogP contribution in [-0.4, -0.2) is 66.8 Å². The van der Waals surface area contributed by atoms with Crippen LogP contribution in [0.5, 0.6) is 0 Å². The van der Waals surface area contributed by atoms with Crippen LogP contribution in [0.3, 0.4) is 0 Å². The Labute approximate surface area is 197 Å². The number of halogens is 2. The lowest BCUT2D eigenvalue weighted by atomic mass is 10.00. The summed E-state index contributed by atoms with van der Waals surface area (Å²) in [6.45, 7) is 4.77. The molecule has 2 aliphatic heterocycles. The molecule has 32 heavy (non-hydrogen) atoms. The number of carbonyl (C=O) groups excluding carboxylic acids is 1. The Bertz CT molecular complexity index is 932. The van der Waals surface area contributed by atoms with E-state index >= 15 is 0 Å². The Kier molecular flexibility index (Phi) is 8.26. The largest absolute Gasteiger partial charge is 0.381 e. The van der Waals surface area contributed by atoms with E-state index in [0.29, 0.717) is 53.5 Å². The highest BCUT2D eigenvalue weighted by Crippen LogP contribution is 2.32. The number of anilines is 1. The molecule has 0 aliphatic carbocycles. The van der Waals surface area contributed by atoms with Crippen molar-refractivity contribution in [1.82, 2.24) is 20.3 Å². The van der Waals surface area contributed by atoms with E-state index in [-0.39, 0.29) is 23.3 Å². The number of nitrogens with zero attached hydrogens (tertiary/aromatic N) is 3. The predicted molar refractivity (Wildman–Crippen MR) is 123 cm³/mol. The third kappa shape index (κ3) is 6.14. The molecule has 172 valence electrons. The normalized spacial score (nSPS) is 20.0. The second-order valence-corrected chi connectivity index (χ2v) is 8.87. The number of hydrogen-bond donors (Lipinski definition) is 2. The number of ether oxygens (including phenoxy) is 2. The van der Waals surface area contributed by atoms with Gasteiger partial charge in [-0.05, 0) is 24.8 Å². The van der Waals surface area contributed by atoms with E-state index in [2.05, 4.69) is 25.6 Å². The van der Waals surface area contributed by atoms with Crippen molar-refractivity contribution in [1.29, 1.82) is 0 Å². The first-order valence-corrected chi connectivity index (χ1v) is 11.7. The molecule has 0 spiro atoms. The van der Waals surface area contributed by atoms with Crippen LogP contribution in [0.2, 0.25) is 10.2 Å². The first-order chi connectivity index (χ1) is 15.6. The highest BCUT2D eigenvalue weighted by Gasteiger charge is 2.22. The lowest BCUT2D eigenvalue weighted by Crippen LogP contribution is -2.30. The molecule has 2 fully saturated rings. The Morgan fingerprint density at radius 3 is 2.84 bits per heavy atom. The molecule has 0 saturated carbocycles. The summed E-state index contributed by atoms with van der Waals surface area (Å²) in [5.41, 5.74) is 1.67. The Hall–Kier alpha value is -1.84. The molecule has 2 saturated heterocycles. The van der Waals surface area contributed by atoms with E-state index in [1.807, 2.05) is 0 Å². The monoisotopic (exact) mass is 479 g/mol. The number of carbonyl (C=O) groups is 1. The predicted octanol–water partition coefficient (Wildman–Crippen LogP) is 3.03. The maximum Gasteiger partial charge on any atom is 0.155 e. The van der Waals surface area contributed by atoms with E-state index < -0.39 is 0 Å². The summed E-state index contributed by atoms with van der Waals surface area (Å²) in [6, 6.07) is 1.77. The Morgan fingerprint density at radius 2 is 2.00 bits per heavy atom. The van der Waals surface area contributed by atoms with Crippen molar-refractivity contribution in [3.63, 3.8) is 0 Å². The van der Waals surface area contributed by atoms with Crippen LogP contribution >= 0.6 is 23.2 Å². The molecule has 2 aromatic heterocycles. The summed E-state index contributed by atoms with van der Waals surface area (Å²) in [7, 11) is 0. The van der Waals surface area contributed by atoms with E-state index in [9.17, 15) is 4.79 Å². The average Bonchev–Trinajstić information content (AvgIpc) is 3.10. The van der Waals surface area contributed by atoms with Gasteiger partial charge in [0.15, 0.2) is 5.15 Å². The van der Waals surface area contributed by atoms with Crippen LogP contribution in [0.25, 0.3) is 11.3 Å². The second kappa shape index (κ2) is 11.3. The standard InChI is InChI=1S/C22H27Cl2N5O3/c23-18-11-26-16(8-19(30)15-10-25-3-6-32-13-15)7-17(18)21-22(24)28-12-20(29-21)27-9-14-1-4-31-5-2-14/h7,11-12,14-15,25H,1-6,8-10,13H2,(H,27,29)/t15-/m0/s1. The van der Waals surface area contributed by atoms with Crippen LogP contribution in [0.4, 0.5) is 5.82 Å². The Morgan fingerprint density at radius 1 is 1.16 bits per heavy atom. The molecule has 0 radical (unpaired) electrons. The lowest BCUT2D eigenvalue weighted by Gasteiger charge is -2.22. The quantitative estimate of drug-likeness (QED) is 0.624. The number of ketones is 1. The molecule has 4 rings (SSSR count). The molecular weight excluding hydrogens is 453 g/mol. The van der Waals surface area contributed by atoms with Gasteiger partial charge in [0.1, 0.15) is 17.3 Å². The smallest absolute Gasteiger partial charge is 0.155 e. The van der Waals surface area contributed by atoms with Crippen LogP contribution in [0.15, 0.2) is 18.5 Å². The van der Waals surface area contributed by atoms with E-state index in [1.165, 1.54) is 6.20 Å². The van der Waals surface area contributed by atoms with E-state index in [1.54, 1.807) is 12.3 Å². The summed E-state index contributed by atoms with van der Waals surface area (Å²) in [5.74, 6) is 1.04. The van der Waals surface area contributed by atoms with Crippen LogP contribution in [-0.2, 0) is 20.7 Å². The number of rotatable bonds is 7. The van der Waals surface area contributed by atoms with Crippen molar-refractivity contribution in [3.8, 4) is 11.3 Å². The fourth-order valence-corrected chi connectivity index (χ4v) is 4.21. The highest BCUT2D eigenvalue weighted by atomic mass is 35.5. The molecule has 0 unspecified atom stereocenters. The minimum Gasteiger partial charge on any atom is -0.381 e. The zero-order valence-electron chi connectivity index (χ0n) is 17.8. The van der Waals surface area contributed by atoms with Gasteiger partial charge in [-0.25, -0.2) is 9.97 Å². The van der Waals surface area contributed by atoms with Gasteiger partial charge in [-0.2, -0.15) is 0 Å². The molecular formula is C22H27Cl2N5O3. The first kappa shape index (κ1) is 23.3. The van der Waals surface area contributed by atoms with Gasteiger partial charge < -0.3 is 20.1 Å². The van der Waals surface area contributed by atoms with Crippen molar-refractivity contribution in [2.45, 2.75) is 19.3 Å². The second-order valence-electron chi connectivity index (χ2n) is 8.11. The minimum atomic E-state index is -0.195. The topological polar surface area (TPSA) is 98.3 Å². The summed E-state index contributed by atoms with van der Waals surface area (Å²) >= 11 is 12.8. The molecule has 2 aromatic rings. The van der Waals surface area contributed by atoms with Gasteiger partial charge in [-0.3, -0.25) is 9.78 Å². The minimum absolute atomic E-state index is 0.0734. The van der Waals surface area contributed by atoms with Crippen molar-refractivity contribution in [3.05, 3.63) is 34.3 Å². The third-order valence-electron chi connectivity index (χ3n) is 5.75. The number of pyridine rings is 1. The van der Waals surface area contributed by atoms with Gasteiger partial charge >= 0.3 is 0 Å². The molecule has 2 N–H and O–H groups in total. The molecule has 10 heteroatoms. The molecule has 2 aliphatic rings. The lowest BCUT2D eigenvalue weighted by molar-refractivity contribution is -0.123. The van der Waals surface area contributed by atoms with Crippen molar-refractivity contribution < 1.29 is 14.3 Å². The highest BCUT2D eigenvalue weighted by molar-refractivity contribution is 6.35. The first-order valence-electron chi connectivity index (χ1n) is 10.9. The zero-order valence-corrected chi connectivity index (χ0v) is 19.3. The maximum absolute atomic E-state index is 12.7. The summed E-state index contributed by atoms with van der Waals surface area (Å²) < 4.78 is 10.9. The molecule has 4 heterocycles. The molecule has 0 amide bonds. The van der Waals surface area contributed by atoms with Crippen molar-refractivity contribution in [2.24, 2.45) is 11.8 Å². The summed E-state index contributed by atoms with van der Waals surface area (Å²) in [6.07, 6.45) is 5.38. The summed E-state index contributed by atoms with van der Waals surface area (Å²) in [4.78, 5) is 26.0. The molecule has 1 atom stereocenters. The van der Waals surface area contributed by atoms with Crippen LogP contribution < -0.4 is 10.6 Å². The average molecular weight is 480 g/mol. The van der Waals surface area contributed by atoms with Crippen molar-refractivity contribution in [2.75, 3.05) is 51.4 Å². The third-order valence-corrected chi connectivity index (χ3v) is 6.33. The fourth-order valence-electron chi connectivity index (χ4n) is 3.83. The molecule has 0 aromatic carbocycles. The fraction of sp³-hybridized carbons (Fsp3) is 0.545. The number of aromatic nitrogens is 3. The van der Waals surface area contributed by atoms with Crippen molar-refractivity contribution >= 4 is 34.8 Å². The van der Waals surface area contributed by atoms with Crippen LogP contribution in [0, 0.1) is 11.8 Å². The van der Waals surface area contributed by atoms with Crippen LogP contribution in [0.1, 0.15) is 18.5 Å². The maximum atomic E-state index is 12.7. The van der Waals surface area contributed by atoms with Gasteiger partial charge in [-0.15, -0.1) is 0 Å². The van der Waals surface area contributed by atoms with Gasteiger partial charge in [0, 0.05) is 56.7 Å². The SMILES string of the molecule is O=C(Cc1cc(-c2nc(NCC3CCOCC3)cnc2Cl)c(Cl)cn1)[C@H]1CNCCOC1. The molecule has 8 nitrogen and oxygen atoms in total. The van der Waals surface area contributed by atoms with E-state index in [4.69, 9.17) is 32.7 Å². The number of hydrogen-bond acceptors (Lipinski definition) is 8. The summed E-state index contributed by atoms with van der Waals surface area (Å²) in [5, 5.41) is 7.21. The van der Waals surface area contributed by atoms with Gasteiger partial charge in [0.05, 0.1) is 30.4 Å². The number of nitrogens with one attached hydrogen (secondary N) is 2. The number of Topliss-reactive ketones (excluding diaryl/α,β-unsaturated/α-hetero) is 1. The molecule has 0 bridgehead atoms. The van der Waals surface area contributed by atoms with Gasteiger partial charge in [0.25, 0.3) is 0 Å².